The molecule has 0 saturated heterocycles. The second-order valence-electron chi connectivity index (χ2n) is 12.1. The Kier molecular flexibility index (Phi) is 36.9. The Morgan fingerprint density at radius 3 is 1.30 bits per heavy atom. The molecule has 1 aromatic carbocycles. The van der Waals surface area contributed by atoms with Crippen LogP contribution in [0.3, 0.4) is 0 Å². The fourth-order valence-electron chi connectivity index (χ4n) is 4.66. The normalized spacial score (nSPS) is 11.3. The minimum atomic E-state index is -1.12. The van der Waals surface area contributed by atoms with Crippen molar-refractivity contribution in [1.29, 1.82) is 0 Å². The Hall–Kier alpha value is -2.44. The van der Waals surface area contributed by atoms with Gasteiger partial charge in [0.2, 0.25) is 5.91 Å². The number of carbonyl (C=O) groups excluding carboxylic acids is 1. The van der Waals surface area contributed by atoms with E-state index < -0.39 is 18.5 Å². The number of hydrogen-bond donors (Lipinski definition) is 2. The summed E-state index contributed by atoms with van der Waals surface area (Å²) in [7, 11) is 0. The lowest BCUT2D eigenvalue weighted by atomic mass is 10.0. The van der Waals surface area contributed by atoms with Crippen molar-refractivity contribution in [2.45, 2.75) is 58.3 Å². The molecule has 1 amide bonds. The average Bonchev–Trinajstić information content (AvgIpc) is 3.17. The molecule has 0 spiro atoms. The van der Waals surface area contributed by atoms with Gasteiger partial charge in [0, 0.05) is 6.54 Å². The van der Waals surface area contributed by atoms with Gasteiger partial charge in [-0.05, 0) is 30.5 Å². The molecule has 0 aliphatic heterocycles. The molecule has 0 aromatic heterocycles. The first-order valence-corrected chi connectivity index (χ1v) is 19.6. The van der Waals surface area contributed by atoms with Crippen molar-refractivity contribution < 1.29 is 66.8 Å². The van der Waals surface area contributed by atoms with E-state index in [2.05, 4.69) is 29.1 Å². The molecule has 1 rings (SSSR count). The molecular weight excluding hydrogens is 706 g/mol. The second-order valence-corrected chi connectivity index (χ2v) is 12.1. The summed E-state index contributed by atoms with van der Waals surface area (Å²) in [5.74, 6) is -0.641. The minimum Gasteiger partial charge on any atom is -0.491 e. The highest BCUT2D eigenvalue weighted by Gasteiger charge is 2.03. The lowest BCUT2D eigenvalue weighted by Gasteiger charge is -2.09. The zero-order chi connectivity index (χ0) is 38.8. The first kappa shape index (κ1) is 49.6. The van der Waals surface area contributed by atoms with Crippen LogP contribution in [0.1, 0.15) is 57.4 Å². The highest BCUT2D eigenvalue weighted by molar-refractivity contribution is 5.77. The van der Waals surface area contributed by atoms with Gasteiger partial charge in [0.1, 0.15) is 25.6 Å². The van der Waals surface area contributed by atoms with E-state index in [9.17, 15) is 9.59 Å². The summed E-state index contributed by atoms with van der Waals surface area (Å²) >= 11 is 0. The molecule has 0 aliphatic rings. The lowest BCUT2D eigenvalue weighted by molar-refractivity contribution is -0.143. The van der Waals surface area contributed by atoms with Crippen LogP contribution < -0.4 is 10.1 Å². The Balaban J connectivity index is 1.69. The molecule has 15 nitrogen and oxygen atoms in total. The molecule has 314 valence electrons. The van der Waals surface area contributed by atoms with Crippen LogP contribution in [0.5, 0.6) is 5.75 Å². The maximum absolute atomic E-state index is 11.4. The number of unbranched alkanes of at least 4 members (excludes halogenated alkanes) is 6. The van der Waals surface area contributed by atoms with Crippen molar-refractivity contribution in [2.75, 3.05) is 145 Å². The molecule has 0 aliphatic carbocycles. The Bertz CT molecular complexity index is 956. The van der Waals surface area contributed by atoms with E-state index in [0.717, 1.165) is 12.2 Å². The number of hydrogen-bond acceptors (Lipinski definition) is 13. The quantitative estimate of drug-likeness (QED) is 0.0922. The molecule has 2 N–H and O–H groups in total. The Morgan fingerprint density at radius 1 is 0.481 bits per heavy atom. The van der Waals surface area contributed by atoms with Crippen LogP contribution in [-0.4, -0.2) is 162 Å². The van der Waals surface area contributed by atoms with Crippen molar-refractivity contribution >= 4 is 11.9 Å². The summed E-state index contributed by atoms with van der Waals surface area (Å²) in [4.78, 5) is 21.7. The predicted molar refractivity (Wildman–Crippen MR) is 202 cm³/mol. The van der Waals surface area contributed by atoms with Crippen molar-refractivity contribution in [3.63, 3.8) is 0 Å². The smallest absolute Gasteiger partial charge is 0.329 e. The van der Waals surface area contributed by atoms with E-state index in [-0.39, 0.29) is 6.61 Å². The van der Waals surface area contributed by atoms with Gasteiger partial charge >= 0.3 is 5.97 Å². The van der Waals surface area contributed by atoms with Gasteiger partial charge in [-0.1, -0.05) is 57.6 Å². The second kappa shape index (κ2) is 40.2. The molecule has 15 heteroatoms. The third kappa shape index (κ3) is 36.5. The third-order valence-electron chi connectivity index (χ3n) is 7.49. The van der Waals surface area contributed by atoms with Gasteiger partial charge in [-0.2, -0.15) is 0 Å². The fourth-order valence-corrected chi connectivity index (χ4v) is 4.66. The number of carbonyl (C=O) groups is 2. The van der Waals surface area contributed by atoms with E-state index in [4.69, 9.17) is 52.5 Å². The van der Waals surface area contributed by atoms with Crippen molar-refractivity contribution in [3.8, 4) is 5.75 Å². The van der Waals surface area contributed by atoms with Gasteiger partial charge in [-0.15, -0.1) is 0 Å². The van der Waals surface area contributed by atoms with Gasteiger partial charge in [0.05, 0.1) is 119 Å². The monoisotopic (exact) mass is 775 g/mol. The first-order chi connectivity index (χ1) is 26.6. The van der Waals surface area contributed by atoms with Crippen LogP contribution in [0.25, 0.3) is 0 Å². The average molecular weight is 776 g/mol. The Labute approximate surface area is 322 Å². The van der Waals surface area contributed by atoms with Crippen LogP contribution >= 0.6 is 0 Å². The number of aliphatic carboxylic acids is 1. The highest BCUT2D eigenvalue weighted by Crippen LogP contribution is 2.15. The van der Waals surface area contributed by atoms with Gasteiger partial charge in [0.15, 0.2) is 0 Å². The molecule has 0 bridgehead atoms. The van der Waals surface area contributed by atoms with Gasteiger partial charge in [-0.3, -0.25) is 4.79 Å². The van der Waals surface area contributed by atoms with E-state index in [0.29, 0.717) is 132 Å². The number of nitrogens with one attached hydrogen (secondary N) is 1. The maximum atomic E-state index is 11.4. The van der Waals surface area contributed by atoms with Crippen molar-refractivity contribution in [3.05, 3.63) is 29.8 Å². The SMILES string of the molecule is CCCCCCCCCc1ccc(OCCOCCOCCOCCOCCOCCOCCOCCOCCOCCNC(=O)COCC(=O)O)cc1. The zero-order valence-corrected chi connectivity index (χ0v) is 32.8. The van der Waals surface area contributed by atoms with Crippen LogP contribution in [0, 0.1) is 0 Å². The zero-order valence-electron chi connectivity index (χ0n) is 32.8. The van der Waals surface area contributed by atoms with Gasteiger partial charge < -0.3 is 62.5 Å². The van der Waals surface area contributed by atoms with Crippen molar-refractivity contribution in [2.24, 2.45) is 0 Å². The van der Waals surface area contributed by atoms with E-state index in [1.165, 1.54) is 50.5 Å². The minimum absolute atomic E-state index is 0.300. The fraction of sp³-hybridized carbons (Fsp3) is 0.795. The third-order valence-corrected chi connectivity index (χ3v) is 7.49. The highest BCUT2D eigenvalue weighted by atomic mass is 16.6. The molecule has 54 heavy (non-hydrogen) atoms. The number of benzene rings is 1. The maximum Gasteiger partial charge on any atom is 0.329 e. The molecule has 0 atom stereocenters. The van der Waals surface area contributed by atoms with Crippen molar-refractivity contribution in [1.82, 2.24) is 5.32 Å². The number of carboxylic acids is 1. The summed E-state index contributed by atoms with van der Waals surface area (Å²) in [6, 6.07) is 8.42. The Morgan fingerprint density at radius 2 is 0.870 bits per heavy atom. The lowest BCUT2D eigenvalue weighted by Crippen LogP contribution is -2.31. The van der Waals surface area contributed by atoms with Gasteiger partial charge in [0.25, 0.3) is 0 Å². The van der Waals surface area contributed by atoms with Crippen LogP contribution in [-0.2, 0) is 63.4 Å². The largest absolute Gasteiger partial charge is 0.491 e. The summed E-state index contributed by atoms with van der Waals surface area (Å²) in [5, 5.41) is 11.0. The standard InChI is InChI=1S/C39H69NO14/c1-2-3-4-5-6-7-8-9-36-10-12-37(13-11-36)54-33-32-52-31-30-51-29-28-50-27-26-49-25-24-48-23-22-47-21-20-46-19-18-45-17-16-44-15-14-40-38(41)34-53-35-39(42)43/h10-13H,2-9,14-35H2,1H3,(H,40,41)(H,42,43). The van der Waals surface area contributed by atoms with E-state index in [1.807, 2.05) is 12.1 Å². The molecule has 1 aromatic rings. The van der Waals surface area contributed by atoms with E-state index in [1.54, 1.807) is 0 Å². The molecule has 0 heterocycles. The van der Waals surface area contributed by atoms with Crippen LogP contribution in [0.2, 0.25) is 0 Å². The molecule has 0 fully saturated rings. The molecule has 0 unspecified atom stereocenters. The van der Waals surface area contributed by atoms with Gasteiger partial charge in [-0.25, -0.2) is 4.79 Å². The van der Waals surface area contributed by atoms with Crippen LogP contribution in [0.4, 0.5) is 0 Å². The summed E-state index contributed by atoms with van der Waals surface area (Å²) in [5.41, 5.74) is 1.37. The topological polar surface area (TPSA) is 168 Å². The summed E-state index contributed by atoms with van der Waals surface area (Å²) in [6.07, 6.45) is 10.5. The molecular formula is C39H69NO14. The number of ether oxygens (including phenoxy) is 11. The first-order valence-electron chi connectivity index (χ1n) is 19.6. The number of carboxylic acid groups (broad SMARTS) is 1. The number of amides is 1. The molecule has 0 saturated carbocycles. The number of rotatable bonds is 43. The molecule has 0 radical (unpaired) electrons. The van der Waals surface area contributed by atoms with Crippen LogP contribution in [0.15, 0.2) is 24.3 Å². The summed E-state index contributed by atoms with van der Waals surface area (Å²) in [6.45, 7) is 10.7. The predicted octanol–water partition coefficient (Wildman–Crippen LogP) is 3.73. The summed E-state index contributed by atoms with van der Waals surface area (Å²) < 4.78 is 59.7. The van der Waals surface area contributed by atoms with E-state index >= 15 is 0 Å². The number of aryl methyl sites for hydroxylation is 1.